The monoisotopic (exact) mass is 350 g/mol. The fourth-order valence-corrected chi connectivity index (χ4v) is 3.70. The molecule has 0 spiro atoms. The average molecular weight is 351 g/mol. The molecule has 138 valence electrons. The van der Waals surface area contributed by atoms with Crippen LogP contribution in [0.15, 0.2) is 42.5 Å². The van der Waals surface area contributed by atoms with Gasteiger partial charge in [-0.3, -0.25) is 14.7 Å². The molecule has 0 unspecified atom stereocenters. The molecule has 3 rings (SSSR count). The molecule has 1 aromatic carbocycles. The van der Waals surface area contributed by atoms with E-state index in [1.807, 2.05) is 25.1 Å². The van der Waals surface area contributed by atoms with Crippen LogP contribution in [-0.4, -0.2) is 28.8 Å². The van der Waals surface area contributed by atoms with E-state index < -0.39 is 0 Å². The number of pyridine rings is 1. The lowest BCUT2D eigenvalue weighted by Gasteiger charge is -2.31. The number of Topliss-reactive ketones (excluding diaryl/α,β-unsaturated/α-hetero) is 1. The van der Waals surface area contributed by atoms with Gasteiger partial charge in [0.2, 0.25) is 0 Å². The number of ketones is 1. The highest BCUT2D eigenvalue weighted by Gasteiger charge is 2.27. The molecule has 0 radical (unpaired) electrons. The Balaban J connectivity index is 1.66. The molecule has 2 aromatic rings. The van der Waals surface area contributed by atoms with Gasteiger partial charge >= 0.3 is 0 Å². The number of aryl methyl sites for hydroxylation is 1. The molecular formula is C23H30N2O. The molecule has 1 aromatic heterocycles. The van der Waals surface area contributed by atoms with Gasteiger partial charge < -0.3 is 0 Å². The number of nitrogens with zero attached hydrogens (tertiary/aromatic N) is 2. The largest absolute Gasteiger partial charge is 0.297 e. The van der Waals surface area contributed by atoms with Crippen molar-refractivity contribution >= 4 is 5.78 Å². The second-order valence-corrected chi connectivity index (χ2v) is 8.54. The van der Waals surface area contributed by atoms with Gasteiger partial charge in [0.15, 0.2) is 5.78 Å². The maximum atomic E-state index is 13.0. The molecule has 26 heavy (non-hydrogen) atoms. The van der Waals surface area contributed by atoms with Gasteiger partial charge in [-0.1, -0.05) is 51.1 Å². The molecule has 0 N–H and O–H groups in total. The van der Waals surface area contributed by atoms with Crippen molar-refractivity contribution in [3.05, 3.63) is 65.0 Å². The van der Waals surface area contributed by atoms with E-state index in [9.17, 15) is 4.79 Å². The fourth-order valence-electron chi connectivity index (χ4n) is 3.70. The Morgan fingerprint density at radius 1 is 1.15 bits per heavy atom. The van der Waals surface area contributed by atoms with Crippen LogP contribution in [0.3, 0.4) is 0 Å². The fraction of sp³-hybridized carbons (Fsp3) is 0.478. The van der Waals surface area contributed by atoms with E-state index in [-0.39, 0.29) is 17.1 Å². The Bertz CT molecular complexity index is 759. The molecule has 0 amide bonds. The number of likely N-dealkylation sites (tertiary alicyclic amines) is 1. The number of aromatic nitrogens is 1. The Hall–Kier alpha value is -2.00. The van der Waals surface area contributed by atoms with Crippen molar-refractivity contribution < 1.29 is 4.79 Å². The number of hydrogen-bond donors (Lipinski definition) is 0. The number of hydrogen-bond acceptors (Lipinski definition) is 3. The van der Waals surface area contributed by atoms with Crippen molar-refractivity contribution in [3.63, 3.8) is 0 Å². The summed E-state index contributed by atoms with van der Waals surface area (Å²) >= 11 is 0. The molecule has 1 aliphatic heterocycles. The lowest BCUT2D eigenvalue weighted by atomic mass is 9.85. The van der Waals surface area contributed by atoms with E-state index in [2.05, 4.69) is 54.9 Å². The summed E-state index contributed by atoms with van der Waals surface area (Å²) in [6.07, 6.45) is 2.06. The third-order valence-corrected chi connectivity index (χ3v) is 5.24. The van der Waals surface area contributed by atoms with Crippen molar-refractivity contribution in [2.45, 2.75) is 52.5 Å². The summed E-state index contributed by atoms with van der Waals surface area (Å²) in [6.45, 7) is 11.3. The second-order valence-electron chi connectivity index (χ2n) is 8.54. The van der Waals surface area contributed by atoms with Crippen LogP contribution in [0.25, 0.3) is 0 Å². The SMILES string of the molecule is Cc1cccc(CN2CCC[C@@H](C(=O)c3ccc(C(C)(C)C)cc3)C2)n1. The van der Waals surface area contributed by atoms with E-state index in [4.69, 9.17) is 0 Å². The Labute approximate surface area is 157 Å². The van der Waals surface area contributed by atoms with Crippen LogP contribution in [0.1, 0.15) is 60.9 Å². The molecule has 1 atom stereocenters. The number of rotatable bonds is 4. The average Bonchev–Trinajstić information content (AvgIpc) is 2.61. The Morgan fingerprint density at radius 2 is 1.88 bits per heavy atom. The zero-order valence-corrected chi connectivity index (χ0v) is 16.5. The topological polar surface area (TPSA) is 33.2 Å². The van der Waals surface area contributed by atoms with Crippen LogP contribution < -0.4 is 0 Å². The molecule has 1 aliphatic rings. The van der Waals surface area contributed by atoms with Gasteiger partial charge in [-0.05, 0) is 49.4 Å². The van der Waals surface area contributed by atoms with Gasteiger partial charge in [-0.15, -0.1) is 0 Å². The third kappa shape index (κ3) is 4.59. The minimum Gasteiger partial charge on any atom is -0.297 e. The first kappa shape index (κ1) is 18.8. The Kier molecular flexibility index (Phi) is 5.57. The van der Waals surface area contributed by atoms with Crippen molar-refractivity contribution in [2.24, 2.45) is 5.92 Å². The standard InChI is InChI=1S/C23H30N2O/c1-17-7-5-9-21(24-17)16-25-14-6-8-19(15-25)22(26)18-10-12-20(13-11-18)23(2,3)4/h5,7,9-13,19H,6,8,14-16H2,1-4H3/t19-/m1/s1. The molecule has 1 saturated heterocycles. The van der Waals surface area contributed by atoms with E-state index >= 15 is 0 Å². The van der Waals surface area contributed by atoms with Gasteiger partial charge in [-0.2, -0.15) is 0 Å². The van der Waals surface area contributed by atoms with Gasteiger partial charge in [0, 0.05) is 30.3 Å². The minimum atomic E-state index is 0.0917. The molecule has 3 heteroatoms. The summed E-state index contributed by atoms with van der Waals surface area (Å²) in [5.74, 6) is 0.376. The van der Waals surface area contributed by atoms with E-state index in [1.165, 1.54) is 5.56 Å². The molecular weight excluding hydrogens is 320 g/mol. The van der Waals surface area contributed by atoms with E-state index in [0.29, 0.717) is 0 Å². The van der Waals surface area contributed by atoms with Crippen molar-refractivity contribution in [1.82, 2.24) is 9.88 Å². The molecule has 0 saturated carbocycles. The zero-order valence-electron chi connectivity index (χ0n) is 16.5. The first-order chi connectivity index (χ1) is 12.3. The van der Waals surface area contributed by atoms with Gasteiger partial charge in [0.05, 0.1) is 5.69 Å². The first-order valence-electron chi connectivity index (χ1n) is 9.62. The van der Waals surface area contributed by atoms with Gasteiger partial charge in [-0.25, -0.2) is 0 Å². The summed E-state index contributed by atoms with van der Waals surface area (Å²) in [5, 5.41) is 0. The highest BCUT2D eigenvalue weighted by molar-refractivity contribution is 5.98. The van der Waals surface area contributed by atoms with Gasteiger partial charge in [0.1, 0.15) is 0 Å². The van der Waals surface area contributed by atoms with Crippen molar-refractivity contribution in [2.75, 3.05) is 13.1 Å². The summed E-state index contributed by atoms with van der Waals surface area (Å²) in [4.78, 5) is 19.9. The Morgan fingerprint density at radius 3 is 2.54 bits per heavy atom. The summed E-state index contributed by atoms with van der Waals surface area (Å²) in [7, 11) is 0. The molecule has 1 fully saturated rings. The lowest BCUT2D eigenvalue weighted by Crippen LogP contribution is -2.38. The van der Waals surface area contributed by atoms with Crippen LogP contribution in [0.2, 0.25) is 0 Å². The highest BCUT2D eigenvalue weighted by Crippen LogP contribution is 2.25. The predicted octanol–water partition coefficient (Wildman–Crippen LogP) is 4.78. The second kappa shape index (κ2) is 7.71. The summed E-state index contributed by atoms with van der Waals surface area (Å²) < 4.78 is 0. The lowest BCUT2D eigenvalue weighted by molar-refractivity contribution is 0.0810. The normalized spacial score (nSPS) is 18.7. The molecule has 2 heterocycles. The molecule has 3 nitrogen and oxygen atoms in total. The third-order valence-electron chi connectivity index (χ3n) is 5.24. The van der Waals surface area contributed by atoms with Crippen LogP contribution >= 0.6 is 0 Å². The van der Waals surface area contributed by atoms with Gasteiger partial charge in [0.25, 0.3) is 0 Å². The maximum absolute atomic E-state index is 13.0. The maximum Gasteiger partial charge on any atom is 0.167 e. The van der Waals surface area contributed by atoms with Crippen LogP contribution in [0, 0.1) is 12.8 Å². The smallest absolute Gasteiger partial charge is 0.167 e. The number of piperidine rings is 1. The summed E-state index contributed by atoms with van der Waals surface area (Å²) in [5.41, 5.74) is 4.37. The minimum absolute atomic E-state index is 0.0917. The predicted molar refractivity (Wildman–Crippen MR) is 106 cm³/mol. The van der Waals surface area contributed by atoms with Crippen molar-refractivity contribution in [3.8, 4) is 0 Å². The molecule has 0 aliphatic carbocycles. The highest BCUT2D eigenvalue weighted by atomic mass is 16.1. The number of carbonyl (C=O) groups is 1. The van der Waals surface area contributed by atoms with Crippen molar-refractivity contribution in [1.29, 1.82) is 0 Å². The first-order valence-corrected chi connectivity index (χ1v) is 9.62. The number of carbonyl (C=O) groups excluding carboxylic acids is 1. The zero-order chi connectivity index (χ0) is 18.7. The van der Waals surface area contributed by atoms with Crippen LogP contribution in [0.5, 0.6) is 0 Å². The van der Waals surface area contributed by atoms with Crippen LogP contribution in [-0.2, 0) is 12.0 Å². The molecule has 0 bridgehead atoms. The van der Waals surface area contributed by atoms with E-state index in [1.54, 1.807) is 0 Å². The summed E-state index contributed by atoms with van der Waals surface area (Å²) in [6, 6.07) is 14.4. The van der Waals surface area contributed by atoms with Crippen LogP contribution in [0.4, 0.5) is 0 Å². The number of benzene rings is 1. The van der Waals surface area contributed by atoms with E-state index in [0.717, 1.165) is 49.4 Å². The quantitative estimate of drug-likeness (QED) is 0.744.